The van der Waals surface area contributed by atoms with Gasteiger partial charge in [-0.3, -0.25) is 5.32 Å². The van der Waals surface area contributed by atoms with Gasteiger partial charge in [0.2, 0.25) is 5.88 Å². The van der Waals surface area contributed by atoms with E-state index in [0.717, 1.165) is 5.69 Å². The molecule has 3 aromatic rings. The molecule has 140 valence electrons. The Morgan fingerprint density at radius 2 is 1.81 bits per heavy atom. The summed E-state index contributed by atoms with van der Waals surface area (Å²) in [5, 5.41) is 16.5. The molecule has 7 nitrogen and oxygen atoms in total. The Morgan fingerprint density at radius 3 is 2.44 bits per heavy atom. The van der Waals surface area contributed by atoms with Gasteiger partial charge >= 0.3 is 6.09 Å². The lowest BCUT2D eigenvalue weighted by Crippen LogP contribution is -2.19. The molecule has 8 heteroatoms. The highest BCUT2D eigenvalue weighted by Crippen LogP contribution is 2.34. The number of hydrogen-bond acceptors (Lipinski definition) is 5. The van der Waals surface area contributed by atoms with Crippen LogP contribution in [0, 0.1) is 0 Å². The second-order valence-electron chi connectivity index (χ2n) is 5.70. The van der Waals surface area contributed by atoms with Crippen LogP contribution in [0.3, 0.4) is 0 Å². The van der Waals surface area contributed by atoms with Gasteiger partial charge in [0.05, 0.1) is 11.8 Å². The van der Waals surface area contributed by atoms with E-state index < -0.39 is 12.2 Å². The number of para-hydroxylation sites is 2. The summed E-state index contributed by atoms with van der Waals surface area (Å²) >= 11 is 3.40. The van der Waals surface area contributed by atoms with Gasteiger partial charge in [-0.15, -0.1) is 5.10 Å². The Kier molecular flexibility index (Phi) is 6.10. The summed E-state index contributed by atoms with van der Waals surface area (Å²) < 4.78 is 12.8. The van der Waals surface area contributed by atoms with Crippen molar-refractivity contribution in [2.24, 2.45) is 0 Å². The zero-order chi connectivity index (χ0) is 19.2. The van der Waals surface area contributed by atoms with Gasteiger partial charge in [0.15, 0.2) is 5.82 Å². The number of ether oxygens (including phenoxy) is 2. The van der Waals surface area contributed by atoms with Crippen LogP contribution in [0.25, 0.3) is 5.69 Å². The summed E-state index contributed by atoms with van der Waals surface area (Å²) in [7, 11) is 0. The minimum absolute atomic E-state index is 0.0678. The monoisotopic (exact) mass is 431 g/mol. The first kappa shape index (κ1) is 18.9. The third-order valence-electron chi connectivity index (χ3n) is 3.43. The molecule has 1 atom stereocenters. The van der Waals surface area contributed by atoms with Crippen LogP contribution in [0.15, 0.2) is 65.1 Å². The third-order valence-corrected chi connectivity index (χ3v) is 4.15. The number of anilines is 1. The van der Waals surface area contributed by atoms with Gasteiger partial charge in [0.25, 0.3) is 0 Å². The minimum Gasteiger partial charge on any atom is -0.473 e. The second kappa shape index (κ2) is 8.70. The van der Waals surface area contributed by atoms with E-state index in [2.05, 4.69) is 26.3 Å². The van der Waals surface area contributed by atoms with E-state index >= 15 is 0 Å². The molecule has 0 saturated heterocycles. The quantitative estimate of drug-likeness (QED) is 0.615. The van der Waals surface area contributed by atoms with E-state index in [1.54, 1.807) is 31.2 Å². The Labute approximate surface area is 164 Å². The fourth-order valence-corrected chi connectivity index (χ4v) is 2.71. The summed E-state index contributed by atoms with van der Waals surface area (Å²) in [6.07, 6.45) is -1.32. The normalized spacial score (nSPS) is 11.7. The fourth-order valence-electron chi connectivity index (χ4n) is 2.25. The maximum atomic E-state index is 12.3. The van der Waals surface area contributed by atoms with Gasteiger partial charge in [-0.2, -0.15) is 0 Å². The first-order valence-electron chi connectivity index (χ1n) is 8.23. The number of aromatic nitrogens is 2. The summed E-state index contributed by atoms with van der Waals surface area (Å²) in [5.74, 6) is 1.01. The van der Waals surface area contributed by atoms with E-state index in [-0.39, 0.29) is 12.5 Å². The Morgan fingerprint density at radius 1 is 1.19 bits per heavy atom. The van der Waals surface area contributed by atoms with Gasteiger partial charge < -0.3 is 14.6 Å². The molecule has 0 bridgehead atoms. The van der Waals surface area contributed by atoms with Crippen molar-refractivity contribution < 1.29 is 19.4 Å². The number of rotatable bonds is 6. The number of nitrogens with one attached hydrogen (secondary N) is 1. The number of aliphatic hydroxyl groups excluding tert-OH is 1. The molecule has 1 unspecified atom stereocenters. The highest BCUT2D eigenvalue weighted by molar-refractivity contribution is 9.10. The van der Waals surface area contributed by atoms with Crippen molar-refractivity contribution in [1.29, 1.82) is 0 Å². The van der Waals surface area contributed by atoms with E-state index in [1.807, 2.05) is 36.4 Å². The lowest BCUT2D eigenvalue weighted by molar-refractivity contribution is 0.119. The Bertz CT molecular complexity index is 898. The first-order chi connectivity index (χ1) is 13.0. The summed E-state index contributed by atoms with van der Waals surface area (Å²) in [4.78, 5) is 12.3. The topological polar surface area (TPSA) is 85.6 Å². The number of halogens is 1. The maximum absolute atomic E-state index is 12.3. The van der Waals surface area contributed by atoms with Gasteiger partial charge in [0, 0.05) is 0 Å². The summed E-state index contributed by atoms with van der Waals surface area (Å²) in [5.41, 5.74) is 0.722. The van der Waals surface area contributed by atoms with Crippen molar-refractivity contribution in [2.75, 3.05) is 11.9 Å². The van der Waals surface area contributed by atoms with E-state index in [0.29, 0.717) is 16.0 Å². The molecule has 3 rings (SSSR count). The highest BCUT2D eigenvalue weighted by Gasteiger charge is 2.21. The van der Waals surface area contributed by atoms with Crippen molar-refractivity contribution in [3.63, 3.8) is 0 Å². The highest BCUT2D eigenvalue weighted by atomic mass is 79.9. The zero-order valence-electron chi connectivity index (χ0n) is 14.5. The SMILES string of the molecule is CC(O)COc1nn(-c2ccccc2)c(NC(=O)Oc2ccccc2)c1Br. The van der Waals surface area contributed by atoms with Crippen LogP contribution in [0.2, 0.25) is 0 Å². The second-order valence-corrected chi connectivity index (χ2v) is 6.50. The van der Waals surface area contributed by atoms with Crippen LogP contribution in [0.1, 0.15) is 6.92 Å². The van der Waals surface area contributed by atoms with Crippen molar-refractivity contribution in [3.05, 3.63) is 65.1 Å². The lowest BCUT2D eigenvalue weighted by atomic mass is 10.3. The molecule has 0 radical (unpaired) electrons. The molecular weight excluding hydrogens is 414 g/mol. The minimum atomic E-state index is -0.666. The van der Waals surface area contributed by atoms with Crippen molar-refractivity contribution in [2.45, 2.75) is 13.0 Å². The summed E-state index contributed by atoms with van der Waals surface area (Å²) in [6.45, 7) is 1.68. The Balaban J connectivity index is 1.88. The first-order valence-corrected chi connectivity index (χ1v) is 9.02. The Hall–Kier alpha value is -2.84. The molecular formula is C19H18BrN3O4. The molecule has 0 aliphatic heterocycles. The molecule has 0 saturated carbocycles. The predicted molar refractivity (Wildman–Crippen MR) is 105 cm³/mol. The lowest BCUT2D eigenvalue weighted by Gasteiger charge is -2.09. The number of carbonyl (C=O) groups excluding carboxylic acids is 1. The predicted octanol–water partition coefficient (Wildman–Crippen LogP) is 4.01. The van der Waals surface area contributed by atoms with Gasteiger partial charge in [-0.05, 0) is 47.1 Å². The third kappa shape index (κ3) is 4.87. The smallest absolute Gasteiger partial charge is 0.418 e. The standard InChI is InChI=1S/C19H18BrN3O4/c1-13(24)12-26-18-16(20)17(23(22-18)14-8-4-2-5-9-14)21-19(25)27-15-10-6-3-7-11-15/h2-11,13,24H,12H2,1H3,(H,21,25). The van der Waals surface area contributed by atoms with Crippen molar-refractivity contribution >= 4 is 27.8 Å². The summed E-state index contributed by atoms with van der Waals surface area (Å²) in [6, 6.07) is 18.0. The van der Waals surface area contributed by atoms with E-state index in [9.17, 15) is 9.90 Å². The maximum Gasteiger partial charge on any atom is 0.418 e. The molecule has 1 aromatic heterocycles. The molecule has 2 N–H and O–H groups in total. The number of aliphatic hydroxyl groups is 1. The molecule has 27 heavy (non-hydrogen) atoms. The number of carbonyl (C=O) groups is 1. The van der Waals surface area contributed by atoms with Gasteiger partial charge in [-0.25, -0.2) is 9.48 Å². The molecule has 0 spiro atoms. The average molecular weight is 432 g/mol. The molecule has 1 heterocycles. The number of amides is 1. The van der Waals surface area contributed by atoms with Crippen LogP contribution in [-0.4, -0.2) is 33.7 Å². The molecule has 0 aliphatic carbocycles. The average Bonchev–Trinajstić information content (AvgIpc) is 2.97. The molecule has 1 amide bonds. The van der Waals surface area contributed by atoms with Gasteiger partial charge in [-0.1, -0.05) is 36.4 Å². The number of nitrogens with zero attached hydrogens (tertiary/aromatic N) is 2. The fraction of sp³-hybridized carbons (Fsp3) is 0.158. The van der Waals surface area contributed by atoms with Crippen molar-refractivity contribution in [1.82, 2.24) is 9.78 Å². The molecule has 0 fully saturated rings. The van der Waals surface area contributed by atoms with Crippen LogP contribution in [0.5, 0.6) is 11.6 Å². The van der Waals surface area contributed by atoms with Crippen LogP contribution < -0.4 is 14.8 Å². The van der Waals surface area contributed by atoms with Gasteiger partial charge in [0.1, 0.15) is 16.8 Å². The number of hydrogen-bond donors (Lipinski definition) is 2. The van der Waals surface area contributed by atoms with Crippen LogP contribution in [0.4, 0.5) is 10.6 Å². The molecule has 0 aliphatic rings. The van der Waals surface area contributed by atoms with E-state index in [1.165, 1.54) is 4.68 Å². The zero-order valence-corrected chi connectivity index (χ0v) is 16.1. The number of benzene rings is 2. The molecule has 2 aromatic carbocycles. The van der Waals surface area contributed by atoms with E-state index in [4.69, 9.17) is 9.47 Å². The van der Waals surface area contributed by atoms with Crippen LogP contribution >= 0.6 is 15.9 Å². The van der Waals surface area contributed by atoms with Crippen molar-refractivity contribution in [3.8, 4) is 17.3 Å². The van der Waals surface area contributed by atoms with Crippen LogP contribution in [-0.2, 0) is 0 Å². The largest absolute Gasteiger partial charge is 0.473 e.